The molecule has 2 aromatic carbocycles. The molecule has 0 radical (unpaired) electrons. The minimum absolute atomic E-state index is 0.0841. The summed E-state index contributed by atoms with van der Waals surface area (Å²) < 4.78 is 16.7. The number of benzene rings is 2. The number of pyridine rings is 1. The topological polar surface area (TPSA) is 69.7 Å². The number of aromatic nitrogens is 1. The highest BCUT2D eigenvalue weighted by Gasteiger charge is 2.27. The van der Waals surface area contributed by atoms with E-state index in [0.29, 0.717) is 29.5 Å². The third-order valence-corrected chi connectivity index (χ3v) is 5.41. The summed E-state index contributed by atoms with van der Waals surface area (Å²) in [6.07, 6.45) is 4.26. The maximum Gasteiger partial charge on any atom is 0.224 e. The molecule has 1 aliphatic rings. The molecular formula is C24H23ClN2O4. The van der Waals surface area contributed by atoms with E-state index in [1.54, 1.807) is 32.7 Å². The van der Waals surface area contributed by atoms with Crippen molar-refractivity contribution >= 4 is 17.5 Å². The van der Waals surface area contributed by atoms with Gasteiger partial charge in [0.05, 0.1) is 27.2 Å². The molecule has 2 heterocycles. The zero-order valence-corrected chi connectivity index (χ0v) is 18.1. The summed E-state index contributed by atoms with van der Waals surface area (Å²) in [6.45, 7) is 0.411. The molecule has 160 valence electrons. The lowest BCUT2D eigenvalue weighted by Gasteiger charge is -2.14. The van der Waals surface area contributed by atoms with Crippen molar-refractivity contribution in [3.63, 3.8) is 0 Å². The Balaban J connectivity index is 1.39. The Kier molecular flexibility index (Phi) is 6.28. The van der Waals surface area contributed by atoms with Gasteiger partial charge in [-0.05, 0) is 47.5 Å². The summed E-state index contributed by atoms with van der Waals surface area (Å²) in [7, 11) is 3.15. The number of ether oxygens (including phenoxy) is 3. The molecule has 7 heteroatoms. The number of hydrogen-bond acceptors (Lipinski definition) is 5. The van der Waals surface area contributed by atoms with Gasteiger partial charge in [-0.2, -0.15) is 0 Å². The van der Waals surface area contributed by atoms with Crippen LogP contribution in [-0.4, -0.2) is 37.8 Å². The van der Waals surface area contributed by atoms with Crippen molar-refractivity contribution in [1.29, 1.82) is 0 Å². The highest BCUT2D eigenvalue weighted by Crippen LogP contribution is 2.40. The van der Waals surface area contributed by atoms with Gasteiger partial charge in [0.1, 0.15) is 11.9 Å². The normalized spacial score (nSPS) is 14.5. The molecule has 1 aliphatic heterocycles. The first-order valence-electron chi connectivity index (χ1n) is 9.94. The van der Waals surface area contributed by atoms with Crippen LogP contribution in [0.4, 0.5) is 0 Å². The number of halogens is 1. The monoisotopic (exact) mass is 438 g/mol. The highest BCUT2D eigenvalue weighted by molar-refractivity contribution is 6.31. The molecule has 1 atom stereocenters. The Hall–Kier alpha value is -3.25. The lowest BCUT2D eigenvalue weighted by Crippen LogP contribution is -2.35. The number of fused-ring (bicyclic) bond motifs is 1. The van der Waals surface area contributed by atoms with Gasteiger partial charge >= 0.3 is 0 Å². The molecule has 0 saturated carbocycles. The van der Waals surface area contributed by atoms with Crippen LogP contribution in [0.1, 0.15) is 11.1 Å². The summed E-state index contributed by atoms with van der Waals surface area (Å²) in [4.78, 5) is 16.5. The first-order chi connectivity index (χ1) is 15.1. The molecule has 1 amide bonds. The van der Waals surface area contributed by atoms with Crippen molar-refractivity contribution in [2.45, 2.75) is 18.9 Å². The van der Waals surface area contributed by atoms with Crippen molar-refractivity contribution in [2.24, 2.45) is 0 Å². The van der Waals surface area contributed by atoms with E-state index in [1.807, 2.05) is 36.4 Å². The summed E-state index contributed by atoms with van der Waals surface area (Å²) in [5, 5.41) is 3.63. The number of rotatable bonds is 7. The number of carbonyl (C=O) groups excluding carboxylic acids is 1. The SMILES string of the molecule is COc1ccc(CC(=O)NC[C@@H]2Cc3cc(Cl)cc(-c4ccncc4)c3O2)cc1OC. The van der Waals surface area contributed by atoms with Crippen LogP contribution in [0.25, 0.3) is 11.1 Å². The predicted molar refractivity (Wildman–Crippen MR) is 119 cm³/mol. The molecule has 0 spiro atoms. The second-order valence-electron chi connectivity index (χ2n) is 7.29. The molecule has 1 aromatic heterocycles. The van der Waals surface area contributed by atoms with Crippen molar-refractivity contribution in [3.05, 3.63) is 71.0 Å². The minimum Gasteiger partial charge on any atom is -0.493 e. The number of nitrogens with one attached hydrogen (secondary N) is 1. The standard InChI is InChI=1S/C24H23ClN2O4/c1-29-21-4-3-15(9-22(21)30-2)10-23(28)27-14-19-12-17-11-18(25)13-20(24(17)31-19)16-5-7-26-8-6-16/h3-9,11,13,19H,10,12,14H2,1-2H3,(H,27,28)/t19-/m0/s1. The first kappa shape index (κ1) is 21.0. The fraction of sp³-hybridized carbons (Fsp3) is 0.250. The van der Waals surface area contributed by atoms with Crippen molar-refractivity contribution in [1.82, 2.24) is 10.3 Å². The molecular weight excluding hydrogens is 416 g/mol. The predicted octanol–water partition coefficient (Wildman–Crippen LogP) is 4.08. The van der Waals surface area contributed by atoms with Gasteiger partial charge in [-0.3, -0.25) is 9.78 Å². The van der Waals surface area contributed by atoms with Crippen LogP contribution >= 0.6 is 11.6 Å². The van der Waals surface area contributed by atoms with E-state index >= 15 is 0 Å². The van der Waals surface area contributed by atoms with Crippen molar-refractivity contribution in [3.8, 4) is 28.4 Å². The summed E-state index contributed by atoms with van der Waals surface area (Å²) in [5.41, 5.74) is 3.81. The second kappa shape index (κ2) is 9.27. The fourth-order valence-electron chi connectivity index (χ4n) is 3.72. The van der Waals surface area contributed by atoms with Gasteiger partial charge in [0.2, 0.25) is 5.91 Å². The molecule has 0 unspecified atom stereocenters. The molecule has 31 heavy (non-hydrogen) atoms. The third kappa shape index (κ3) is 4.75. The van der Waals surface area contributed by atoms with Crippen LogP contribution in [0.2, 0.25) is 5.02 Å². The molecule has 4 rings (SSSR count). The summed E-state index contributed by atoms with van der Waals surface area (Å²) in [6, 6.07) is 13.1. The van der Waals surface area contributed by atoms with Crippen LogP contribution in [0.15, 0.2) is 54.9 Å². The molecule has 3 aromatic rings. The quantitative estimate of drug-likeness (QED) is 0.602. The van der Waals surface area contributed by atoms with E-state index in [-0.39, 0.29) is 18.4 Å². The van der Waals surface area contributed by atoms with E-state index in [4.69, 9.17) is 25.8 Å². The lowest BCUT2D eigenvalue weighted by molar-refractivity contribution is -0.120. The Morgan fingerprint density at radius 1 is 1.13 bits per heavy atom. The smallest absolute Gasteiger partial charge is 0.224 e. The maximum absolute atomic E-state index is 12.5. The van der Waals surface area contributed by atoms with Crippen molar-refractivity contribution < 1.29 is 19.0 Å². The van der Waals surface area contributed by atoms with E-state index in [1.165, 1.54) is 0 Å². The van der Waals surface area contributed by atoms with E-state index in [9.17, 15) is 4.79 Å². The van der Waals surface area contributed by atoms with Crippen LogP contribution in [0.3, 0.4) is 0 Å². The number of hydrogen-bond donors (Lipinski definition) is 1. The largest absolute Gasteiger partial charge is 0.493 e. The molecule has 0 fully saturated rings. The maximum atomic E-state index is 12.5. The van der Waals surface area contributed by atoms with Crippen LogP contribution in [-0.2, 0) is 17.6 Å². The number of carbonyl (C=O) groups is 1. The Morgan fingerprint density at radius 2 is 1.90 bits per heavy atom. The lowest BCUT2D eigenvalue weighted by atomic mass is 10.0. The molecule has 0 bridgehead atoms. The van der Waals surface area contributed by atoms with Gasteiger partial charge in [-0.1, -0.05) is 17.7 Å². The fourth-order valence-corrected chi connectivity index (χ4v) is 3.96. The number of amides is 1. The first-order valence-corrected chi connectivity index (χ1v) is 10.3. The van der Waals surface area contributed by atoms with E-state index in [2.05, 4.69) is 10.3 Å². The van der Waals surface area contributed by atoms with Gasteiger partial charge in [0, 0.05) is 35.0 Å². The zero-order valence-electron chi connectivity index (χ0n) is 17.4. The van der Waals surface area contributed by atoms with Gasteiger partial charge < -0.3 is 19.5 Å². The van der Waals surface area contributed by atoms with Gasteiger partial charge in [-0.25, -0.2) is 0 Å². The zero-order chi connectivity index (χ0) is 21.8. The van der Waals surface area contributed by atoms with Crippen molar-refractivity contribution in [2.75, 3.05) is 20.8 Å². The number of nitrogens with zero attached hydrogens (tertiary/aromatic N) is 1. The Bertz CT molecular complexity index is 1090. The number of methoxy groups -OCH3 is 2. The molecule has 1 N–H and O–H groups in total. The summed E-state index contributed by atoms with van der Waals surface area (Å²) in [5.74, 6) is 1.96. The second-order valence-corrected chi connectivity index (χ2v) is 7.73. The van der Waals surface area contributed by atoms with Crippen LogP contribution < -0.4 is 19.5 Å². The molecule has 0 aliphatic carbocycles. The Labute approximate surface area is 186 Å². The average molecular weight is 439 g/mol. The molecule has 0 saturated heterocycles. The van der Waals surface area contributed by atoms with E-state index < -0.39 is 0 Å². The van der Waals surface area contributed by atoms with Crippen LogP contribution in [0.5, 0.6) is 17.2 Å². The van der Waals surface area contributed by atoms with Gasteiger partial charge in [0.25, 0.3) is 0 Å². The Morgan fingerprint density at radius 3 is 2.65 bits per heavy atom. The van der Waals surface area contributed by atoms with Gasteiger partial charge in [0.15, 0.2) is 11.5 Å². The summed E-state index contributed by atoms with van der Waals surface area (Å²) >= 11 is 6.33. The van der Waals surface area contributed by atoms with Gasteiger partial charge in [-0.15, -0.1) is 0 Å². The third-order valence-electron chi connectivity index (χ3n) is 5.19. The van der Waals surface area contributed by atoms with Crippen LogP contribution in [0, 0.1) is 0 Å². The molecule has 6 nitrogen and oxygen atoms in total. The van der Waals surface area contributed by atoms with E-state index in [0.717, 1.165) is 28.0 Å². The highest BCUT2D eigenvalue weighted by atomic mass is 35.5. The average Bonchev–Trinajstić information content (AvgIpc) is 3.20. The minimum atomic E-state index is -0.150.